The first-order valence-corrected chi connectivity index (χ1v) is 12.4. The Hall–Kier alpha value is -1.90. The molecule has 1 aliphatic rings. The molecule has 1 unspecified atom stereocenters. The molecule has 2 aromatic carbocycles. The summed E-state index contributed by atoms with van der Waals surface area (Å²) in [6.07, 6.45) is 2.79. The van der Waals surface area contributed by atoms with Crippen molar-refractivity contribution in [3.05, 3.63) is 58.1 Å². The van der Waals surface area contributed by atoms with Crippen molar-refractivity contribution in [2.75, 3.05) is 24.4 Å². The van der Waals surface area contributed by atoms with E-state index in [1.807, 2.05) is 13.0 Å². The largest absolute Gasteiger partial charge is 0.376 e. The summed E-state index contributed by atoms with van der Waals surface area (Å²) in [6, 6.07) is 11.6. The fraction of sp³-hybridized carbons (Fsp3) is 0.409. The van der Waals surface area contributed by atoms with E-state index in [1.54, 1.807) is 29.2 Å². The van der Waals surface area contributed by atoms with Crippen molar-refractivity contribution in [3.8, 4) is 0 Å². The summed E-state index contributed by atoms with van der Waals surface area (Å²) in [5, 5.41) is 0. The predicted octanol–water partition coefficient (Wildman–Crippen LogP) is 4.59. The van der Waals surface area contributed by atoms with Crippen molar-refractivity contribution < 1.29 is 17.9 Å². The molecule has 1 fully saturated rings. The molecule has 6 nitrogen and oxygen atoms in total. The quantitative estimate of drug-likeness (QED) is 0.610. The average molecular weight is 495 g/mol. The van der Waals surface area contributed by atoms with Crippen LogP contribution in [0.1, 0.15) is 42.1 Å². The van der Waals surface area contributed by atoms with Crippen LogP contribution in [0.15, 0.2) is 51.8 Å². The van der Waals surface area contributed by atoms with Crippen LogP contribution >= 0.6 is 15.9 Å². The molecule has 0 radical (unpaired) electrons. The lowest BCUT2D eigenvalue weighted by atomic mass is 10.1. The molecule has 3 rings (SSSR count). The summed E-state index contributed by atoms with van der Waals surface area (Å²) in [6.45, 7) is 5.81. The highest BCUT2D eigenvalue weighted by molar-refractivity contribution is 9.10. The topological polar surface area (TPSA) is 75.7 Å². The van der Waals surface area contributed by atoms with E-state index >= 15 is 0 Å². The number of nitrogens with one attached hydrogen (secondary N) is 1. The van der Waals surface area contributed by atoms with Crippen molar-refractivity contribution in [3.63, 3.8) is 0 Å². The summed E-state index contributed by atoms with van der Waals surface area (Å²) >= 11 is 3.37. The van der Waals surface area contributed by atoms with Gasteiger partial charge in [-0.1, -0.05) is 19.1 Å². The number of nitrogens with zero attached hydrogens (tertiary/aromatic N) is 1. The number of carbonyl (C=O) groups excluding carboxylic acids is 1. The van der Waals surface area contributed by atoms with E-state index in [1.165, 1.54) is 12.1 Å². The molecule has 0 saturated carbocycles. The van der Waals surface area contributed by atoms with Crippen LogP contribution in [0.2, 0.25) is 0 Å². The third kappa shape index (κ3) is 5.62. The maximum absolute atomic E-state index is 13.0. The molecular weight excluding hydrogens is 468 g/mol. The minimum atomic E-state index is -3.84. The second-order valence-corrected chi connectivity index (χ2v) is 10.0. The minimum Gasteiger partial charge on any atom is -0.376 e. The lowest BCUT2D eigenvalue weighted by Gasteiger charge is -2.32. The number of ether oxygens (including phenoxy) is 1. The van der Waals surface area contributed by atoms with Crippen molar-refractivity contribution in [2.45, 2.75) is 44.1 Å². The van der Waals surface area contributed by atoms with Crippen LogP contribution in [0, 0.1) is 6.92 Å². The zero-order valence-corrected chi connectivity index (χ0v) is 19.6. The molecule has 8 heteroatoms. The lowest BCUT2D eigenvalue weighted by Crippen LogP contribution is -2.43. The average Bonchev–Trinajstić information content (AvgIpc) is 2.74. The number of amides is 1. The van der Waals surface area contributed by atoms with Crippen molar-refractivity contribution >= 4 is 37.5 Å². The molecule has 0 bridgehead atoms. The molecule has 1 amide bonds. The van der Waals surface area contributed by atoms with E-state index in [-0.39, 0.29) is 16.9 Å². The number of aryl methyl sites for hydroxylation is 1. The van der Waals surface area contributed by atoms with Gasteiger partial charge in [-0.15, -0.1) is 0 Å². The lowest BCUT2D eigenvalue weighted by molar-refractivity contribution is 0.00210. The Morgan fingerprint density at radius 2 is 2.07 bits per heavy atom. The fourth-order valence-corrected chi connectivity index (χ4v) is 5.04. The number of anilines is 1. The van der Waals surface area contributed by atoms with Gasteiger partial charge >= 0.3 is 0 Å². The molecule has 2 aromatic rings. The second kappa shape index (κ2) is 9.94. The van der Waals surface area contributed by atoms with Gasteiger partial charge in [0.05, 0.1) is 16.7 Å². The number of sulfonamides is 1. The van der Waals surface area contributed by atoms with Crippen LogP contribution in [-0.2, 0) is 14.8 Å². The third-order valence-electron chi connectivity index (χ3n) is 4.98. The van der Waals surface area contributed by atoms with Gasteiger partial charge in [-0.25, -0.2) is 8.42 Å². The first-order valence-electron chi connectivity index (χ1n) is 10.1. The molecule has 0 aromatic heterocycles. The van der Waals surface area contributed by atoms with E-state index in [2.05, 4.69) is 27.6 Å². The molecular formula is C22H27BrN2O4S. The summed E-state index contributed by atoms with van der Waals surface area (Å²) in [5.41, 5.74) is 1.75. The van der Waals surface area contributed by atoms with Gasteiger partial charge < -0.3 is 9.64 Å². The molecule has 162 valence electrons. The monoisotopic (exact) mass is 494 g/mol. The maximum Gasteiger partial charge on any atom is 0.261 e. The summed E-state index contributed by atoms with van der Waals surface area (Å²) in [5.74, 6) is -0.173. The van der Waals surface area contributed by atoms with Crippen LogP contribution in [0.4, 0.5) is 5.69 Å². The van der Waals surface area contributed by atoms with Crippen LogP contribution < -0.4 is 4.72 Å². The van der Waals surface area contributed by atoms with Gasteiger partial charge in [-0.05, 0) is 78.0 Å². The Labute approximate surface area is 186 Å². The predicted molar refractivity (Wildman–Crippen MR) is 121 cm³/mol. The highest BCUT2D eigenvalue weighted by Crippen LogP contribution is 2.26. The van der Waals surface area contributed by atoms with E-state index in [0.29, 0.717) is 35.4 Å². The number of hydrogen-bond donors (Lipinski definition) is 1. The Bertz CT molecular complexity index is 1010. The summed E-state index contributed by atoms with van der Waals surface area (Å²) in [4.78, 5) is 14.8. The maximum atomic E-state index is 13.0. The molecule has 1 atom stereocenters. The number of benzene rings is 2. The van der Waals surface area contributed by atoms with E-state index < -0.39 is 10.0 Å². The minimum absolute atomic E-state index is 0.0369. The number of rotatable bonds is 7. The van der Waals surface area contributed by atoms with Gasteiger partial charge in [-0.3, -0.25) is 9.52 Å². The van der Waals surface area contributed by atoms with Crippen molar-refractivity contribution in [1.82, 2.24) is 4.90 Å². The normalized spacial score (nSPS) is 17.0. The Morgan fingerprint density at radius 1 is 1.27 bits per heavy atom. The van der Waals surface area contributed by atoms with Crippen molar-refractivity contribution in [2.24, 2.45) is 0 Å². The van der Waals surface area contributed by atoms with E-state index in [9.17, 15) is 13.2 Å². The zero-order chi connectivity index (χ0) is 21.7. The van der Waals surface area contributed by atoms with Crippen molar-refractivity contribution in [1.29, 1.82) is 0 Å². The Morgan fingerprint density at radius 3 is 2.83 bits per heavy atom. The first-order chi connectivity index (χ1) is 14.3. The third-order valence-corrected chi connectivity index (χ3v) is 7.04. The number of carbonyl (C=O) groups is 1. The number of likely N-dealkylation sites (tertiary alicyclic amines) is 1. The molecule has 1 heterocycles. The highest BCUT2D eigenvalue weighted by atomic mass is 79.9. The standard InChI is InChI=1S/C22H27BrN2O4S/c1-3-12-29-18-7-5-11-25(15-18)22(26)17-6-4-8-19(14-17)30(27,28)24-21-13-16(2)9-10-20(21)23/h4,6,8-10,13-14,18,24H,3,5,7,11-12,15H2,1-2H3. The second-order valence-electron chi connectivity index (χ2n) is 7.50. The number of hydrogen-bond acceptors (Lipinski definition) is 4. The van der Waals surface area contributed by atoms with Gasteiger partial charge in [0.1, 0.15) is 0 Å². The Balaban J connectivity index is 1.78. The Kier molecular flexibility index (Phi) is 7.55. The van der Waals surface area contributed by atoms with Gasteiger partial charge in [0.15, 0.2) is 0 Å². The van der Waals surface area contributed by atoms with Crippen LogP contribution in [-0.4, -0.2) is 45.0 Å². The van der Waals surface area contributed by atoms with Gasteiger partial charge in [-0.2, -0.15) is 0 Å². The van der Waals surface area contributed by atoms with Crippen LogP contribution in [0.3, 0.4) is 0 Å². The van der Waals surface area contributed by atoms with Gasteiger partial charge in [0, 0.05) is 29.7 Å². The molecule has 0 aliphatic carbocycles. The molecule has 30 heavy (non-hydrogen) atoms. The zero-order valence-electron chi connectivity index (χ0n) is 17.2. The number of piperidine rings is 1. The van der Waals surface area contributed by atoms with Crippen LogP contribution in [0.25, 0.3) is 0 Å². The number of halogens is 1. The van der Waals surface area contributed by atoms with Gasteiger partial charge in [0.2, 0.25) is 0 Å². The molecule has 1 N–H and O–H groups in total. The highest BCUT2D eigenvalue weighted by Gasteiger charge is 2.26. The molecule has 1 aliphatic heterocycles. The SMILES string of the molecule is CCCOC1CCCN(C(=O)c2cccc(S(=O)(=O)Nc3cc(C)ccc3Br)c2)C1. The van der Waals surface area contributed by atoms with E-state index in [0.717, 1.165) is 24.8 Å². The smallest absolute Gasteiger partial charge is 0.261 e. The van der Waals surface area contributed by atoms with E-state index in [4.69, 9.17) is 4.74 Å². The first kappa shape index (κ1) is 22.8. The fourth-order valence-electron chi connectivity index (χ4n) is 3.44. The molecule has 0 spiro atoms. The van der Waals surface area contributed by atoms with Gasteiger partial charge in [0.25, 0.3) is 15.9 Å². The summed E-state index contributed by atoms with van der Waals surface area (Å²) in [7, 11) is -3.84. The molecule has 1 saturated heterocycles. The van der Waals surface area contributed by atoms with Crippen LogP contribution in [0.5, 0.6) is 0 Å². The summed E-state index contributed by atoms with van der Waals surface area (Å²) < 4.78 is 34.9.